The van der Waals surface area contributed by atoms with Gasteiger partial charge in [-0.2, -0.15) is 0 Å². The van der Waals surface area contributed by atoms with Crippen molar-refractivity contribution < 1.29 is 15.0 Å². The summed E-state index contributed by atoms with van der Waals surface area (Å²) in [5, 5.41) is 17.5. The molecule has 0 aliphatic rings. The van der Waals surface area contributed by atoms with Crippen LogP contribution in [0.15, 0.2) is 4.99 Å². The SMILES string of the molecule is NC(N)=NCC[C@H](O)[C@H](N)C(=O)O. The minimum absolute atomic E-state index is 0.101. The van der Waals surface area contributed by atoms with Crippen LogP contribution in [0.2, 0.25) is 0 Å². The van der Waals surface area contributed by atoms with E-state index in [4.69, 9.17) is 27.4 Å². The lowest BCUT2D eigenvalue weighted by Gasteiger charge is -2.12. The number of nitrogens with zero attached hydrogens (tertiary/aromatic N) is 1. The van der Waals surface area contributed by atoms with Gasteiger partial charge in [0.25, 0.3) is 0 Å². The molecule has 0 saturated heterocycles. The minimum atomic E-state index is -1.30. The van der Waals surface area contributed by atoms with Gasteiger partial charge in [0.2, 0.25) is 0 Å². The number of aliphatic carboxylic acids is 1. The molecule has 76 valence electrons. The number of hydrogen-bond acceptors (Lipinski definition) is 4. The number of carboxylic acids is 1. The van der Waals surface area contributed by atoms with Gasteiger partial charge in [-0.05, 0) is 6.42 Å². The number of aliphatic hydroxyl groups is 1. The van der Waals surface area contributed by atoms with Crippen LogP contribution in [0, 0.1) is 0 Å². The van der Waals surface area contributed by atoms with Gasteiger partial charge < -0.3 is 27.4 Å². The quantitative estimate of drug-likeness (QED) is 0.237. The molecule has 0 fully saturated rings. The normalized spacial score (nSPS) is 14.6. The van der Waals surface area contributed by atoms with Gasteiger partial charge >= 0.3 is 5.97 Å². The highest BCUT2D eigenvalue weighted by Gasteiger charge is 2.20. The number of hydrogen-bond donors (Lipinski definition) is 5. The Morgan fingerprint density at radius 2 is 2.00 bits per heavy atom. The number of carbonyl (C=O) groups is 1. The highest BCUT2D eigenvalue weighted by Crippen LogP contribution is 1.97. The van der Waals surface area contributed by atoms with Crippen LogP contribution in [0.3, 0.4) is 0 Å². The lowest BCUT2D eigenvalue weighted by atomic mass is 10.1. The van der Waals surface area contributed by atoms with Crippen LogP contribution in [0.1, 0.15) is 6.42 Å². The van der Waals surface area contributed by atoms with Crippen molar-refractivity contribution in [3.05, 3.63) is 0 Å². The first-order valence-corrected chi connectivity index (χ1v) is 3.67. The van der Waals surface area contributed by atoms with Crippen molar-refractivity contribution >= 4 is 11.9 Å². The maximum Gasteiger partial charge on any atom is 0.323 e. The lowest BCUT2D eigenvalue weighted by Crippen LogP contribution is -2.42. The van der Waals surface area contributed by atoms with E-state index < -0.39 is 18.1 Å². The second kappa shape index (κ2) is 5.33. The van der Waals surface area contributed by atoms with Gasteiger partial charge in [-0.15, -0.1) is 0 Å². The van der Waals surface area contributed by atoms with Gasteiger partial charge in [0.05, 0.1) is 6.10 Å². The van der Waals surface area contributed by atoms with Crippen molar-refractivity contribution in [3.63, 3.8) is 0 Å². The van der Waals surface area contributed by atoms with Crippen molar-refractivity contribution in [3.8, 4) is 0 Å². The molecule has 0 heterocycles. The highest BCUT2D eigenvalue weighted by molar-refractivity contribution is 5.75. The van der Waals surface area contributed by atoms with Gasteiger partial charge in [-0.3, -0.25) is 9.79 Å². The van der Waals surface area contributed by atoms with E-state index in [-0.39, 0.29) is 18.9 Å². The largest absolute Gasteiger partial charge is 0.480 e. The predicted molar refractivity (Wildman–Crippen MR) is 46.9 cm³/mol. The standard InChI is InChI=1S/C6H14N4O3/c7-4(5(12)13)3(11)1-2-10-6(8)9/h3-4,11H,1-2,7H2,(H,12,13)(H4,8,9,10)/t3-,4-/m0/s1. The summed E-state index contributed by atoms with van der Waals surface area (Å²) in [4.78, 5) is 13.8. The van der Waals surface area contributed by atoms with Crippen LogP contribution in [0.5, 0.6) is 0 Å². The Morgan fingerprint density at radius 3 is 2.38 bits per heavy atom. The van der Waals surface area contributed by atoms with Gasteiger partial charge in [0, 0.05) is 6.54 Å². The van der Waals surface area contributed by atoms with E-state index in [1.165, 1.54) is 0 Å². The van der Waals surface area contributed by atoms with Crippen molar-refractivity contribution in [1.29, 1.82) is 0 Å². The Labute approximate surface area is 75.2 Å². The van der Waals surface area contributed by atoms with Crippen molar-refractivity contribution in [2.24, 2.45) is 22.2 Å². The van der Waals surface area contributed by atoms with Crippen LogP contribution < -0.4 is 17.2 Å². The van der Waals surface area contributed by atoms with E-state index in [1.54, 1.807) is 0 Å². The van der Waals surface area contributed by atoms with E-state index in [0.29, 0.717) is 0 Å². The molecule has 7 nitrogen and oxygen atoms in total. The van der Waals surface area contributed by atoms with E-state index in [9.17, 15) is 4.79 Å². The van der Waals surface area contributed by atoms with Crippen molar-refractivity contribution in [2.75, 3.05) is 6.54 Å². The molecule has 8 N–H and O–H groups in total. The average Bonchev–Trinajstić information content (AvgIpc) is 2.02. The Bertz CT molecular complexity index is 202. The van der Waals surface area contributed by atoms with E-state index >= 15 is 0 Å². The van der Waals surface area contributed by atoms with Crippen LogP contribution >= 0.6 is 0 Å². The molecule has 7 heteroatoms. The molecule has 0 radical (unpaired) electrons. The fourth-order valence-corrected chi connectivity index (χ4v) is 0.670. The Morgan fingerprint density at radius 1 is 1.46 bits per heavy atom. The molecule has 0 aliphatic carbocycles. The van der Waals surface area contributed by atoms with Crippen LogP contribution in [0.25, 0.3) is 0 Å². The van der Waals surface area contributed by atoms with Crippen LogP contribution in [-0.4, -0.2) is 40.8 Å². The summed E-state index contributed by atoms with van der Waals surface area (Å²) < 4.78 is 0. The van der Waals surface area contributed by atoms with Gasteiger partial charge in [-0.25, -0.2) is 0 Å². The summed E-state index contributed by atoms with van der Waals surface area (Å²) in [5.41, 5.74) is 15.1. The molecule has 0 saturated carbocycles. The molecule has 2 atom stereocenters. The second-order valence-corrected chi connectivity index (χ2v) is 2.53. The summed E-state index contributed by atoms with van der Waals surface area (Å²) in [5.74, 6) is -1.35. The monoisotopic (exact) mass is 190 g/mol. The van der Waals surface area contributed by atoms with Gasteiger partial charge in [0.1, 0.15) is 6.04 Å². The smallest absolute Gasteiger partial charge is 0.323 e. The summed E-state index contributed by atoms with van der Waals surface area (Å²) in [7, 11) is 0. The van der Waals surface area contributed by atoms with E-state index in [2.05, 4.69) is 4.99 Å². The third-order valence-corrected chi connectivity index (χ3v) is 1.42. The highest BCUT2D eigenvalue weighted by atomic mass is 16.4. The second-order valence-electron chi connectivity index (χ2n) is 2.53. The van der Waals surface area contributed by atoms with Crippen LogP contribution in [-0.2, 0) is 4.79 Å². The Kier molecular flexibility index (Phi) is 4.78. The molecule has 0 rings (SSSR count). The molecule has 0 aromatic carbocycles. The number of nitrogens with two attached hydrogens (primary N) is 3. The number of guanidine groups is 1. The Balaban J connectivity index is 3.81. The molecular weight excluding hydrogens is 176 g/mol. The molecule has 13 heavy (non-hydrogen) atoms. The molecule has 0 spiro atoms. The van der Waals surface area contributed by atoms with Crippen molar-refractivity contribution in [2.45, 2.75) is 18.6 Å². The summed E-state index contributed by atoms with van der Waals surface area (Å²) in [6.07, 6.45) is -1.02. The van der Waals surface area contributed by atoms with E-state index in [0.717, 1.165) is 0 Å². The first-order chi connectivity index (χ1) is 5.95. The fourth-order valence-electron chi connectivity index (χ4n) is 0.670. The molecule has 0 amide bonds. The number of aliphatic hydroxyl groups excluding tert-OH is 1. The molecule has 0 bridgehead atoms. The number of aliphatic imine (C=N–C) groups is 1. The first-order valence-electron chi connectivity index (χ1n) is 3.67. The first kappa shape index (κ1) is 11.7. The Hall–Kier alpha value is -1.34. The van der Waals surface area contributed by atoms with E-state index in [1.807, 2.05) is 0 Å². The minimum Gasteiger partial charge on any atom is -0.480 e. The fraction of sp³-hybridized carbons (Fsp3) is 0.667. The van der Waals surface area contributed by atoms with Crippen molar-refractivity contribution in [1.82, 2.24) is 0 Å². The maximum absolute atomic E-state index is 10.3. The third kappa shape index (κ3) is 4.99. The topological polar surface area (TPSA) is 148 Å². The zero-order chi connectivity index (χ0) is 10.4. The van der Waals surface area contributed by atoms with Gasteiger partial charge in [-0.1, -0.05) is 0 Å². The zero-order valence-corrected chi connectivity index (χ0v) is 7.05. The van der Waals surface area contributed by atoms with Crippen LogP contribution in [0.4, 0.5) is 0 Å². The molecule has 0 unspecified atom stereocenters. The summed E-state index contributed by atoms with van der Waals surface area (Å²) >= 11 is 0. The molecule has 0 aliphatic heterocycles. The lowest BCUT2D eigenvalue weighted by molar-refractivity contribution is -0.141. The predicted octanol–water partition coefficient (Wildman–Crippen LogP) is -2.58. The molecule has 0 aromatic rings. The third-order valence-electron chi connectivity index (χ3n) is 1.42. The number of carboxylic acid groups (broad SMARTS) is 1. The summed E-state index contributed by atoms with van der Waals surface area (Å²) in [6, 6.07) is -1.30. The zero-order valence-electron chi connectivity index (χ0n) is 7.05. The summed E-state index contributed by atoms with van der Waals surface area (Å²) in [6.45, 7) is 0.157. The van der Waals surface area contributed by atoms with Gasteiger partial charge in [0.15, 0.2) is 5.96 Å². The maximum atomic E-state index is 10.3. The number of rotatable bonds is 5. The molecular formula is C6H14N4O3. The average molecular weight is 190 g/mol. The molecule has 0 aromatic heterocycles.